The van der Waals surface area contributed by atoms with Crippen molar-refractivity contribution in [3.8, 4) is 5.75 Å². The molecule has 2 unspecified atom stereocenters. The van der Waals surface area contributed by atoms with E-state index in [0.29, 0.717) is 11.8 Å². The standard InChI is InChI=1S/C18H22FNO/c1-13(6-7-15-8-10-18(21)11-9-15)20-14(2)16-4-3-5-17(19)12-16/h3-5,8-14,20-21H,6-7H2,1-2H3. The molecule has 0 radical (unpaired) electrons. The van der Waals surface area contributed by atoms with E-state index in [9.17, 15) is 9.50 Å². The highest BCUT2D eigenvalue weighted by atomic mass is 19.1. The minimum atomic E-state index is -0.196. The van der Waals surface area contributed by atoms with Crippen LogP contribution >= 0.6 is 0 Å². The molecule has 2 atom stereocenters. The molecule has 2 N–H and O–H groups in total. The molecule has 0 saturated heterocycles. The van der Waals surface area contributed by atoms with Crippen LogP contribution in [-0.4, -0.2) is 11.1 Å². The van der Waals surface area contributed by atoms with Crippen LogP contribution in [0.15, 0.2) is 48.5 Å². The minimum absolute atomic E-state index is 0.121. The molecule has 112 valence electrons. The summed E-state index contributed by atoms with van der Waals surface area (Å²) in [6, 6.07) is 14.5. The van der Waals surface area contributed by atoms with Crippen molar-refractivity contribution in [1.82, 2.24) is 5.32 Å². The molecule has 0 saturated carbocycles. The average Bonchev–Trinajstić information content (AvgIpc) is 2.46. The van der Waals surface area contributed by atoms with Crippen LogP contribution < -0.4 is 5.32 Å². The van der Waals surface area contributed by atoms with Crippen LogP contribution in [0.1, 0.15) is 37.4 Å². The minimum Gasteiger partial charge on any atom is -0.508 e. The predicted molar refractivity (Wildman–Crippen MR) is 83.8 cm³/mol. The normalized spacial score (nSPS) is 13.9. The molecular weight excluding hydrogens is 265 g/mol. The van der Waals surface area contributed by atoms with Crippen LogP contribution in [0.2, 0.25) is 0 Å². The third-order valence-electron chi connectivity index (χ3n) is 3.69. The smallest absolute Gasteiger partial charge is 0.123 e. The molecule has 2 aromatic carbocycles. The number of halogens is 1. The second-order valence-electron chi connectivity index (χ2n) is 5.55. The zero-order valence-corrected chi connectivity index (χ0v) is 12.5. The first-order valence-electron chi connectivity index (χ1n) is 7.34. The Bertz CT molecular complexity index is 568. The number of aryl methyl sites for hydroxylation is 1. The molecule has 0 aliphatic heterocycles. The molecule has 0 spiro atoms. The first kappa shape index (κ1) is 15.5. The van der Waals surface area contributed by atoms with E-state index in [1.807, 2.05) is 25.1 Å². The van der Waals surface area contributed by atoms with Gasteiger partial charge in [-0.1, -0.05) is 24.3 Å². The lowest BCUT2D eigenvalue weighted by atomic mass is 10.0. The Morgan fingerprint density at radius 3 is 2.48 bits per heavy atom. The molecule has 0 fully saturated rings. The van der Waals surface area contributed by atoms with Crippen molar-refractivity contribution in [3.05, 3.63) is 65.5 Å². The number of nitrogens with one attached hydrogen (secondary N) is 1. The fourth-order valence-corrected chi connectivity index (χ4v) is 2.43. The van der Waals surface area contributed by atoms with Gasteiger partial charge in [-0.05, 0) is 62.1 Å². The van der Waals surface area contributed by atoms with E-state index in [1.54, 1.807) is 24.3 Å². The summed E-state index contributed by atoms with van der Waals surface area (Å²) in [6.45, 7) is 4.18. The Morgan fingerprint density at radius 2 is 1.81 bits per heavy atom. The summed E-state index contributed by atoms with van der Waals surface area (Å²) in [6.07, 6.45) is 1.94. The number of phenolic OH excluding ortho intramolecular Hbond substituents is 1. The topological polar surface area (TPSA) is 32.3 Å². The summed E-state index contributed by atoms with van der Waals surface area (Å²) < 4.78 is 13.2. The van der Waals surface area contributed by atoms with Crippen LogP contribution in [0.3, 0.4) is 0 Å². The van der Waals surface area contributed by atoms with Gasteiger partial charge < -0.3 is 10.4 Å². The van der Waals surface area contributed by atoms with Crippen molar-refractivity contribution in [2.75, 3.05) is 0 Å². The van der Waals surface area contributed by atoms with Gasteiger partial charge in [0.2, 0.25) is 0 Å². The van der Waals surface area contributed by atoms with E-state index in [1.165, 1.54) is 11.6 Å². The fraction of sp³-hybridized carbons (Fsp3) is 0.333. The van der Waals surface area contributed by atoms with Gasteiger partial charge in [-0.3, -0.25) is 0 Å². The van der Waals surface area contributed by atoms with Crippen molar-refractivity contribution in [2.45, 2.75) is 38.8 Å². The Balaban J connectivity index is 1.83. The van der Waals surface area contributed by atoms with Gasteiger partial charge in [0, 0.05) is 12.1 Å². The van der Waals surface area contributed by atoms with Crippen molar-refractivity contribution < 1.29 is 9.50 Å². The maximum Gasteiger partial charge on any atom is 0.123 e. The maximum absolute atomic E-state index is 13.2. The zero-order chi connectivity index (χ0) is 15.2. The third kappa shape index (κ3) is 4.87. The lowest BCUT2D eigenvalue weighted by Gasteiger charge is -2.20. The van der Waals surface area contributed by atoms with Gasteiger partial charge in [-0.2, -0.15) is 0 Å². The second kappa shape index (κ2) is 7.23. The van der Waals surface area contributed by atoms with Gasteiger partial charge in [-0.25, -0.2) is 4.39 Å². The summed E-state index contributed by atoms with van der Waals surface area (Å²) in [5.74, 6) is 0.0996. The van der Waals surface area contributed by atoms with Crippen LogP contribution in [0.4, 0.5) is 4.39 Å². The van der Waals surface area contributed by atoms with E-state index < -0.39 is 0 Å². The Hall–Kier alpha value is -1.87. The predicted octanol–water partition coefficient (Wildman–Crippen LogP) is 4.20. The Kier molecular flexibility index (Phi) is 5.34. The first-order valence-corrected chi connectivity index (χ1v) is 7.34. The van der Waals surface area contributed by atoms with Crippen LogP contribution in [-0.2, 0) is 6.42 Å². The first-order chi connectivity index (χ1) is 10.0. The molecule has 2 aromatic rings. The van der Waals surface area contributed by atoms with E-state index in [2.05, 4.69) is 12.2 Å². The molecule has 0 bridgehead atoms. The number of benzene rings is 2. The largest absolute Gasteiger partial charge is 0.508 e. The van der Waals surface area contributed by atoms with Gasteiger partial charge in [-0.15, -0.1) is 0 Å². The quantitative estimate of drug-likeness (QED) is 0.834. The molecule has 0 aliphatic rings. The molecule has 2 nitrogen and oxygen atoms in total. The summed E-state index contributed by atoms with van der Waals surface area (Å²) in [5.41, 5.74) is 2.17. The van der Waals surface area contributed by atoms with E-state index >= 15 is 0 Å². The number of phenols is 1. The summed E-state index contributed by atoms with van der Waals surface area (Å²) in [5, 5.41) is 12.7. The van der Waals surface area contributed by atoms with Gasteiger partial charge in [0.15, 0.2) is 0 Å². The number of aromatic hydroxyl groups is 1. The summed E-state index contributed by atoms with van der Waals surface area (Å²) >= 11 is 0. The monoisotopic (exact) mass is 287 g/mol. The van der Waals surface area contributed by atoms with Gasteiger partial charge in [0.05, 0.1) is 0 Å². The molecule has 2 rings (SSSR count). The van der Waals surface area contributed by atoms with E-state index in [4.69, 9.17) is 0 Å². The molecule has 21 heavy (non-hydrogen) atoms. The van der Waals surface area contributed by atoms with E-state index in [0.717, 1.165) is 18.4 Å². The average molecular weight is 287 g/mol. The second-order valence-corrected chi connectivity index (χ2v) is 5.55. The van der Waals surface area contributed by atoms with Gasteiger partial charge in [0.1, 0.15) is 11.6 Å². The van der Waals surface area contributed by atoms with Crippen molar-refractivity contribution >= 4 is 0 Å². The lowest BCUT2D eigenvalue weighted by molar-refractivity contribution is 0.454. The Labute approximate surface area is 125 Å². The van der Waals surface area contributed by atoms with Crippen LogP contribution in [0, 0.1) is 5.82 Å². The Morgan fingerprint density at radius 1 is 1.10 bits per heavy atom. The third-order valence-corrected chi connectivity index (χ3v) is 3.69. The molecule has 0 heterocycles. The van der Waals surface area contributed by atoms with Crippen molar-refractivity contribution in [3.63, 3.8) is 0 Å². The van der Waals surface area contributed by atoms with Crippen molar-refractivity contribution in [2.24, 2.45) is 0 Å². The molecule has 3 heteroatoms. The van der Waals surface area contributed by atoms with Crippen molar-refractivity contribution in [1.29, 1.82) is 0 Å². The number of hydrogen-bond acceptors (Lipinski definition) is 2. The van der Waals surface area contributed by atoms with Gasteiger partial charge in [0.25, 0.3) is 0 Å². The SMILES string of the molecule is CC(CCc1ccc(O)cc1)NC(C)c1cccc(F)c1. The summed E-state index contributed by atoms with van der Waals surface area (Å²) in [4.78, 5) is 0. The number of rotatable bonds is 6. The number of hydrogen-bond donors (Lipinski definition) is 2. The lowest BCUT2D eigenvalue weighted by Crippen LogP contribution is -2.29. The summed E-state index contributed by atoms with van der Waals surface area (Å²) in [7, 11) is 0. The van der Waals surface area contributed by atoms with Crippen LogP contribution in [0.25, 0.3) is 0 Å². The fourth-order valence-electron chi connectivity index (χ4n) is 2.43. The molecular formula is C18H22FNO. The highest BCUT2D eigenvalue weighted by Gasteiger charge is 2.10. The molecule has 0 aromatic heterocycles. The molecule has 0 amide bonds. The highest BCUT2D eigenvalue weighted by Crippen LogP contribution is 2.16. The van der Waals surface area contributed by atoms with Crippen LogP contribution in [0.5, 0.6) is 5.75 Å². The highest BCUT2D eigenvalue weighted by molar-refractivity contribution is 5.26. The maximum atomic E-state index is 13.2. The zero-order valence-electron chi connectivity index (χ0n) is 12.5. The molecule has 0 aliphatic carbocycles. The van der Waals surface area contributed by atoms with E-state index in [-0.39, 0.29) is 11.9 Å². The van der Waals surface area contributed by atoms with Gasteiger partial charge >= 0.3 is 0 Å².